The van der Waals surface area contributed by atoms with Crippen molar-refractivity contribution in [1.29, 1.82) is 0 Å². The molecule has 0 unspecified atom stereocenters. The molecule has 21 heavy (non-hydrogen) atoms. The van der Waals surface area contributed by atoms with Gasteiger partial charge in [0.15, 0.2) is 0 Å². The molecule has 2 N–H and O–H groups in total. The van der Waals surface area contributed by atoms with Crippen LogP contribution in [0.1, 0.15) is 29.3 Å². The van der Waals surface area contributed by atoms with Crippen LogP contribution in [0, 0.1) is 6.92 Å². The summed E-state index contributed by atoms with van der Waals surface area (Å²) in [5.74, 6) is -0.179. The van der Waals surface area contributed by atoms with Crippen LogP contribution in [0.4, 0.5) is 11.4 Å². The minimum atomic E-state index is -0.179. The van der Waals surface area contributed by atoms with E-state index >= 15 is 0 Å². The van der Waals surface area contributed by atoms with Crippen LogP contribution < -0.4 is 10.6 Å². The zero-order chi connectivity index (χ0) is 15.2. The van der Waals surface area contributed by atoms with Crippen molar-refractivity contribution in [2.24, 2.45) is 0 Å². The third-order valence-corrected chi connectivity index (χ3v) is 3.31. The number of nitrogens with zero attached hydrogens (tertiary/aromatic N) is 1. The van der Waals surface area contributed by atoms with E-state index in [1.807, 2.05) is 13.0 Å². The van der Waals surface area contributed by atoms with Crippen LogP contribution in [-0.4, -0.2) is 17.4 Å². The number of anilines is 2. The van der Waals surface area contributed by atoms with Crippen molar-refractivity contribution in [3.8, 4) is 0 Å². The number of rotatable bonds is 5. The molecule has 0 aliphatic rings. The van der Waals surface area contributed by atoms with E-state index in [1.165, 1.54) is 0 Å². The summed E-state index contributed by atoms with van der Waals surface area (Å²) in [6.07, 6.45) is 4.25. The van der Waals surface area contributed by atoms with Crippen molar-refractivity contribution in [1.82, 2.24) is 4.98 Å². The molecule has 0 fully saturated rings. The topological polar surface area (TPSA) is 54.0 Å². The monoisotopic (exact) mass is 303 g/mol. The van der Waals surface area contributed by atoms with Crippen molar-refractivity contribution in [3.05, 3.63) is 52.8 Å². The Morgan fingerprint density at radius 2 is 2.10 bits per heavy atom. The van der Waals surface area contributed by atoms with Gasteiger partial charge in [0.25, 0.3) is 5.91 Å². The molecule has 1 aromatic carbocycles. The number of aryl methyl sites for hydroxylation is 1. The van der Waals surface area contributed by atoms with Gasteiger partial charge in [0, 0.05) is 23.5 Å². The third kappa shape index (κ3) is 3.95. The average molecular weight is 304 g/mol. The number of carbonyl (C=O) groups excluding carboxylic acids is 1. The largest absolute Gasteiger partial charge is 0.383 e. The van der Waals surface area contributed by atoms with Gasteiger partial charge in [0.2, 0.25) is 0 Å². The third-order valence-electron chi connectivity index (χ3n) is 3.08. The van der Waals surface area contributed by atoms with Crippen molar-refractivity contribution in [2.45, 2.75) is 20.3 Å². The Labute approximate surface area is 129 Å². The van der Waals surface area contributed by atoms with Crippen molar-refractivity contribution in [2.75, 3.05) is 17.2 Å². The van der Waals surface area contributed by atoms with E-state index < -0.39 is 0 Å². The summed E-state index contributed by atoms with van der Waals surface area (Å²) in [6, 6.07) is 7.12. The number of benzene rings is 1. The highest BCUT2D eigenvalue weighted by Crippen LogP contribution is 2.22. The number of hydrogen-bond donors (Lipinski definition) is 2. The lowest BCUT2D eigenvalue weighted by Crippen LogP contribution is -2.16. The molecule has 1 aromatic heterocycles. The van der Waals surface area contributed by atoms with Crippen molar-refractivity contribution >= 4 is 28.9 Å². The van der Waals surface area contributed by atoms with Crippen molar-refractivity contribution < 1.29 is 4.79 Å². The lowest BCUT2D eigenvalue weighted by molar-refractivity contribution is 0.102. The van der Waals surface area contributed by atoms with Crippen LogP contribution in [-0.2, 0) is 0 Å². The van der Waals surface area contributed by atoms with Gasteiger partial charge in [-0.1, -0.05) is 24.6 Å². The number of hydrogen-bond acceptors (Lipinski definition) is 3. The first kappa shape index (κ1) is 15.3. The molecule has 0 aliphatic heterocycles. The smallest absolute Gasteiger partial charge is 0.257 e. The highest BCUT2D eigenvalue weighted by molar-refractivity contribution is 6.31. The molecule has 0 saturated carbocycles. The number of carbonyl (C=O) groups is 1. The molecule has 2 rings (SSSR count). The molecular formula is C16H18ClN3O. The fraction of sp³-hybridized carbons (Fsp3) is 0.250. The minimum absolute atomic E-state index is 0.179. The Morgan fingerprint density at radius 3 is 2.86 bits per heavy atom. The van der Waals surface area contributed by atoms with Gasteiger partial charge in [-0.2, -0.15) is 0 Å². The first-order valence-electron chi connectivity index (χ1n) is 6.87. The van der Waals surface area contributed by atoms with Gasteiger partial charge in [-0.15, -0.1) is 0 Å². The summed E-state index contributed by atoms with van der Waals surface area (Å²) in [4.78, 5) is 16.5. The Balaban J connectivity index is 2.22. The molecule has 110 valence electrons. The standard InChI is InChI=1S/C16H18ClN3O/c1-3-7-19-15-10-18-8-6-13(15)16(21)20-14-9-12(17)5-4-11(14)2/h4-6,8-10,19H,3,7H2,1-2H3,(H,20,21). The maximum Gasteiger partial charge on any atom is 0.257 e. The molecular weight excluding hydrogens is 286 g/mol. The second kappa shape index (κ2) is 7.09. The van der Waals surface area contributed by atoms with Crippen LogP contribution in [0.25, 0.3) is 0 Å². The van der Waals surface area contributed by atoms with Crippen LogP contribution in [0.15, 0.2) is 36.7 Å². The number of pyridine rings is 1. The molecule has 0 aliphatic carbocycles. The van der Waals surface area contributed by atoms with Crippen LogP contribution in [0.3, 0.4) is 0 Å². The Morgan fingerprint density at radius 1 is 1.29 bits per heavy atom. The number of aromatic nitrogens is 1. The van der Waals surface area contributed by atoms with E-state index in [0.717, 1.165) is 24.2 Å². The zero-order valence-electron chi connectivity index (χ0n) is 12.1. The lowest BCUT2D eigenvalue weighted by atomic mass is 10.1. The lowest BCUT2D eigenvalue weighted by Gasteiger charge is -2.12. The molecule has 2 aromatic rings. The Hall–Kier alpha value is -2.07. The predicted octanol–water partition coefficient (Wildman–Crippen LogP) is 4.12. The summed E-state index contributed by atoms with van der Waals surface area (Å²) in [5.41, 5.74) is 2.98. The minimum Gasteiger partial charge on any atom is -0.383 e. The Kier molecular flexibility index (Phi) is 5.17. The van der Waals surface area contributed by atoms with E-state index in [4.69, 9.17) is 11.6 Å². The second-order valence-corrected chi connectivity index (χ2v) is 5.20. The summed E-state index contributed by atoms with van der Waals surface area (Å²) >= 11 is 5.97. The number of amides is 1. The quantitative estimate of drug-likeness (QED) is 0.873. The number of halogens is 1. The summed E-state index contributed by atoms with van der Waals surface area (Å²) in [5, 5.41) is 6.69. The molecule has 0 radical (unpaired) electrons. The van der Waals surface area contributed by atoms with Crippen LogP contribution in [0.2, 0.25) is 5.02 Å². The van der Waals surface area contributed by atoms with Crippen molar-refractivity contribution in [3.63, 3.8) is 0 Å². The van der Waals surface area contributed by atoms with E-state index in [1.54, 1.807) is 30.6 Å². The van der Waals surface area contributed by atoms with Gasteiger partial charge in [0.1, 0.15) is 0 Å². The first-order chi connectivity index (χ1) is 10.1. The molecule has 0 bridgehead atoms. The average Bonchev–Trinajstić information content (AvgIpc) is 2.49. The van der Waals surface area contributed by atoms with Gasteiger partial charge < -0.3 is 10.6 Å². The summed E-state index contributed by atoms with van der Waals surface area (Å²) < 4.78 is 0. The maximum atomic E-state index is 12.4. The normalized spacial score (nSPS) is 10.2. The summed E-state index contributed by atoms with van der Waals surface area (Å²) in [7, 11) is 0. The maximum absolute atomic E-state index is 12.4. The first-order valence-corrected chi connectivity index (χ1v) is 7.25. The molecule has 1 heterocycles. The highest BCUT2D eigenvalue weighted by atomic mass is 35.5. The second-order valence-electron chi connectivity index (χ2n) is 4.76. The molecule has 0 saturated heterocycles. The zero-order valence-corrected chi connectivity index (χ0v) is 12.9. The van der Waals surface area contributed by atoms with Gasteiger partial charge in [-0.25, -0.2) is 0 Å². The van der Waals surface area contributed by atoms with Gasteiger partial charge >= 0.3 is 0 Å². The molecule has 0 spiro atoms. The molecule has 4 nitrogen and oxygen atoms in total. The van der Waals surface area contributed by atoms with E-state index in [0.29, 0.717) is 16.3 Å². The molecule has 5 heteroatoms. The van der Waals surface area contributed by atoms with E-state index in [-0.39, 0.29) is 5.91 Å². The fourth-order valence-corrected chi connectivity index (χ4v) is 2.08. The van der Waals surface area contributed by atoms with E-state index in [2.05, 4.69) is 22.5 Å². The Bertz CT molecular complexity index is 643. The SMILES string of the molecule is CCCNc1cnccc1C(=O)Nc1cc(Cl)ccc1C. The van der Waals surface area contributed by atoms with E-state index in [9.17, 15) is 4.79 Å². The van der Waals surface area contributed by atoms with Gasteiger partial charge in [0.05, 0.1) is 17.4 Å². The molecule has 0 atom stereocenters. The predicted molar refractivity (Wildman–Crippen MR) is 87.2 cm³/mol. The molecule has 1 amide bonds. The summed E-state index contributed by atoms with van der Waals surface area (Å²) in [6.45, 7) is 4.79. The highest BCUT2D eigenvalue weighted by Gasteiger charge is 2.12. The van der Waals surface area contributed by atoms with Gasteiger partial charge in [-0.3, -0.25) is 9.78 Å². The fourth-order valence-electron chi connectivity index (χ4n) is 1.91. The number of nitrogens with one attached hydrogen (secondary N) is 2. The van der Waals surface area contributed by atoms with Gasteiger partial charge in [-0.05, 0) is 37.1 Å². The van der Waals surface area contributed by atoms with Crippen LogP contribution in [0.5, 0.6) is 0 Å². The van der Waals surface area contributed by atoms with Crippen LogP contribution >= 0.6 is 11.6 Å².